The number of amides is 2. The summed E-state index contributed by atoms with van der Waals surface area (Å²) in [5.41, 5.74) is 2.48. The van der Waals surface area contributed by atoms with Gasteiger partial charge in [0.25, 0.3) is 0 Å². The molecular formula is C25H33Cl2N3O4S. The van der Waals surface area contributed by atoms with Crippen LogP contribution in [0.5, 0.6) is 0 Å². The van der Waals surface area contributed by atoms with E-state index < -0.39 is 28.5 Å². The van der Waals surface area contributed by atoms with E-state index in [-0.39, 0.29) is 18.5 Å². The van der Waals surface area contributed by atoms with Crippen LogP contribution in [0, 0.1) is 13.8 Å². The molecule has 35 heavy (non-hydrogen) atoms. The number of carbonyl (C=O) groups is 2. The summed E-state index contributed by atoms with van der Waals surface area (Å²) < 4.78 is 26.6. The first-order valence-electron chi connectivity index (χ1n) is 11.3. The molecule has 0 fully saturated rings. The van der Waals surface area contributed by atoms with E-state index in [0.717, 1.165) is 28.1 Å². The van der Waals surface area contributed by atoms with Crippen molar-refractivity contribution in [2.24, 2.45) is 0 Å². The number of nitrogens with zero attached hydrogens (tertiary/aromatic N) is 2. The number of nitrogens with one attached hydrogen (secondary N) is 1. The minimum Gasteiger partial charge on any atom is -0.352 e. The summed E-state index contributed by atoms with van der Waals surface area (Å²) in [6.45, 7) is 8.56. The number of aryl methyl sites for hydroxylation is 2. The quantitative estimate of drug-likeness (QED) is 0.471. The molecule has 2 aromatic carbocycles. The predicted molar refractivity (Wildman–Crippen MR) is 142 cm³/mol. The number of rotatable bonds is 10. The maximum atomic E-state index is 13.7. The zero-order valence-electron chi connectivity index (χ0n) is 20.9. The molecule has 0 unspecified atom stereocenters. The van der Waals surface area contributed by atoms with Crippen molar-refractivity contribution in [2.45, 2.75) is 59.7 Å². The van der Waals surface area contributed by atoms with Gasteiger partial charge in [0.15, 0.2) is 0 Å². The number of benzene rings is 2. The fourth-order valence-electron chi connectivity index (χ4n) is 3.66. The molecule has 192 valence electrons. The summed E-state index contributed by atoms with van der Waals surface area (Å²) in [6.07, 6.45) is 1.79. The third-order valence-corrected chi connectivity index (χ3v) is 7.59. The van der Waals surface area contributed by atoms with Gasteiger partial charge in [-0.25, -0.2) is 8.42 Å². The van der Waals surface area contributed by atoms with Crippen LogP contribution >= 0.6 is 23.2 Å². The van der Waals surface area contributed by atoms with Gasteiger partial charge in [0.2, 0.25) is 21.8 Å². The maximum Gasteiger partial charge on any atom is 0.244 e. The van der Waals surface area contributed by atoms with Crippen LogP contribution in [0.4, 0.5) is 5.69 Å². The summed E-state index contributed by atoms with van der Waals surface area (Å²) in [6, 6.07) is 9.35. The third kappa shape index (κ3) is 7.59. The van der Waals surface area contributed by atoms with Crippen molar-refractivity contribution in [3.8, 4) is 0 Å². The second kappa shape index (κ2) is 12.1. The average molecular weight is 543 g/mol. The van der Waals surface area contributed by atoms with Gasteiger partial charge in [-0.05, 0) is 62.9 Å². The van der Waals surface area contributed by atoms with Gasteiger partial charge in [0.05, 0.1) is 11.9 Å². The van der Waals surface area contributed by atoms with Crippen molar-refractivity contribution in [3.05, 3.63) is 63.1 Å². The first kappa shape index (κ1) is 28.9. The van der Waals surface area contributed by atoms with E-state index in [9.17, 15) is 18.0 Å². The summed E-state index contributed by atoms with van der Waals surface area (Å²) in [5, 5.41) is 3.68. The van der Waals surface area contributed by atoms with Crippen LogP contribution in [0.3, 0.4) is 0 Å². The lowest BCUT2D eigenvalue weighted by atomic mass is 10.1. The van der Waals surface area contributed by atoms with Crippen LogP contribution in [-0.2, 0) is 26.2 Å². The molecule has 0 aliphatic rings. The summed E-state index contributed by atoms with van der Waals surface area (Å²) in [7, 11) is -3.81. The second-order valence-corrected chi connectivity index (χ2v) is 11.5. The highest BCUT2D eigenvalue weighted by Gasteiger charge is 2.31. The first-order valence-corrected chi connectivity index (χ1v) is 13.9. The van der Waals surface area contributed by atoms with Gasteiger partial charge in [0.1, 0.15) is 12.6 Å². The number of halogens is 2. The molecule has 0 aliphatic carbocycles. The van der Waals surface area contributed by atoms with E-state index in [1.54, 1.807) is 51.1 Å². The Morgan fingerprint density at radius 3 is 2.17 bits per heavy atom. The van der Waals surface area contributed by atoms with Gasteiger partial charge in [-0.3, -0.25) is 13.9 Å². The molecule has 0 aromatic heterocycles. The Morgan fingerprint density at radius 1 is 1.06 bits per heavy atom. The van der Waals surface area contributed by atoms with Crippen LogP contribution in [0.1, 0.15) is 43.9 Å². The fourth-order valence-corrected chi connectivity index (χ4v) is 5.09. The Hall–Kier alpha value is -2.29. The molecule has 2 atom stereocenters. The van der Waals surface area contributed by atoms with Crippen molar-refractivity contribution >= 4 is 50.7 Å². The van der Waals surface area contributed by atoms with Crippen LogP contribution in [0.2, 0.25) is 10.0 Å². The Kier molecular flexibility index (Phi) is 10.0. The molecular weight excluding hydrogens is 509 g/mol. The molecule has 0 saturated heterocycles. The normalized spacial score (nSPS) is 13.1. The van der Waals surface area contributed by atoms with Crippen molar-refractivity contribution in [1.29, 1.82) is 0 Å². The van der Waals surface area contributed by atoms with E-state index >= 15 is 0 Å². The van der Waals surface area contributed by atoms with Gasteiger partial charge in [-0.15, -0.1) is 0 Å². The molecule has 0 aliphatic heterocycles. The van der Waals surface area contributed by atoms with Crippen LogP contribution in [0.15, 0.2) is 36.4 Å². The van der Waals surface area contributed by atoms with Gasteiger partial charge in [0, 0.05) is 22.6 Å². The molecule has 0 bridgehead atoms. The lowest BCUT2D eigenvalue weighted by Crippen LogP contribution is -2.52. The second-order valence-electron chi connectivity index (χ2n) is 8.76. The Bertz CT molecular complexity index is 1170. The third-order valence-electron chi connectivity index (χ3n) is 5.89. The smallest absolute Gasteiger partial charge is 0.244 e. The van der Waals surface area contributed by atoms with Crippen LogP contribution in [0.25, 0.3) is 0 Å². The number of para-hydroxylation sites is 1. The monoisotopic (exact) mass is 541 g/mol. The van der Waals surface area contributed by atoms with Crippen LogP contribution < -0.4 is 9.62 Å². The SMILES string of the molecule is CC[C@H](C)NC(=O)[C@H](C)N(Cc1ccc(Cl)cc1Cl)C(=O)CN(c1c(C)cccc1C)S(C)(=O)=O. The maximum absolute atomic E-state index is 13.7. The fraction of sp³-hybridized carbons (Fsp3) is 0.440. The number of anilines is 1. The van der Waals surface area contributed by atoms with Gasteiger partial charge < -0.3 is 10.2 Å². The summed E-state index contributed by atoms with van der Waals surface area (Å²) in [4.78, 5) is 28.0. The molecule has 10 heteroatoms. The lowest BCUT2D eigenvalue weighted by molar-refractivity contribution is -0.139. The highest BCUT2D eigenvalue weighted by atomic mass is 35.5. The molecule has 0 radical (unpaired) electrons. The molecule has 1 N–H and O–H groups in total. The lowest BCUT2D eigenvalue weighted by Gasteiger charge is -2.33. The Balaban J connectivity index is 2.48. The van der Waals surface area contributed by atoms with E-state index in [1.807, 2.05) is 19.9 Å². The van der Waals surface area contributed by atoms with E-state index in [2.05, 4.69) is 5.32 Å². The van der Waals surface area contributed by atoms with Crippen molar-refractivity contribution in [2.75, 3.05) is 17.1 Å². The number of hydrogen-bond acceptors (Lipinski definition) is 4. The van der Waals surface area contributed by atoms with E-state index in [4.69, 9.17) is 23.2 Å². The molecule has 0 saturated carbocycles. The molecule has 7 nitrogen and oxygen atoms in total. The first-order chi connectivity index (χ1) is 16.3. The van der Waals surface area contributed by atoms with Gasteiger partial charge >= 0.3 is 0 Å². The number of hydrogen-bond donors (Lipinski definition) is 1. The Labute approximate surface area is 218 Å². The highest BCUT2D eigenvalue weighted by Crippen LogP contribution is 2.28. The standard InChI is InChI=1S/C25H33Cl2N3O4S/c1-7-18(4)28-25(32)19(5)29(14-20-11-12-21(26)13-22(20)27)23(31)15-30(35(6,33)34)24-16(2)9-8-10-17(24)3/h8-13,18-19H,7,14-15H2,1-6H3,(H,28,32)/t18-,19-/m0/s1. The predicted octanol–water partition coefficient (Wildman–Crippen LogP) is 4.71. The zero-order valence-corrected chi connectivity index (χ0v) is 23.3. The molecule has 2 aromatic rings. The number of carbonyl (C=O) groups excluding carboxylic acids is 2. The molecule has 2 amide bonds. The average Bonchev–Trinajstić information content (AvgIpc) is 2.76. The highest BCUT2D eigenvalue weighted by molar-refractivity contribution is 7.92. The van der Waals surface area contributed by atoms with Crippen molar-refractivity contribution in [1.82, 2.24) is 10.2 Å². The van der Waals surface area contributed by atoms with Gasteiger partial charge in [-0.2, -0.15) is 0 Å². The van der Waals surface area contributed by atoms with Crippen molar-refractivity contribution < 1.29 is 18.0 Å². The van der Waals surface area contributed by atoms with Crippen LogP contribution in [-0.4, -0.2) is 50.0 Å². The molecule has 0 heterocycles. The molecule has 0 spiro atoms. The van der Waals surface area contributed by atoms with Gasteiger partial charge in [-0.1, -0.05) is 54.4 Å². The summed E-state index contributed by atoms with van der Waals surface area (Å²) >= 11 is 12.4. The zero-order chi connectivity index (χ0) is 26.5. The van der Waals surface area contributed by atoms with Crippen molar-refractivity contribution in [3.63, 3.8) is 0 Å². The minimum absolute atomic E-state index is 0.00822. The van der Waals surface area contributed by atoms with E-state index in [1.165, 1.54) is 4.90 Å². The molecule has 2 rings (SSSR count). The summed E-state index contributed by atoms with van der Waals surface area (Å²) in [5.74, 6) is -0.869. The Morgan fingerprint density at radius 2 is 1.66 bits per heavy atom. The largest absolute Gasteiger partial charge is 0.352 e. The van der Waals surface area contributed by atoms with E-state index in [0.29, 0.717) is 21.3 Å². The number of sulfonamides is 1. The topological polar surface area (TPSA) is 86.8 Å². The minimum atomic E-state index is -3.81.